The predicted molar refractivity (Wildman–Crippen MR) is 429 cm³/mol. The Morgan fingerprint density at radius 2 is 1.25 bits per heavy atom. The van der Waals surface area contributed by atoms with E-state index in [2.05, 4.69) is 28.1 Å². The van der Waals surface area contributed by atoms with E-state index in [1.165, 1.54) is 65.0 Å². The van der Waals surface area contributed by atoms with Gasteiger partial charge in [-0.15, -0.1) is 0 Å². The number of rotatable bonds is 21. The highest BCUT2D eigenvalue weighted by Crippen LogP contribution is 2.46. The lowest BCUT2D eigenvalue weighted by Gasteiger charge is -2.47. The summed E-state index contributed by atoms with van der Waals surface area (Å²) >= 11 is 6.29. The normalized spacial score (nSPS) is 35.2. The van der Waals surface area contributed by atoms with E-state index in [1.54, 1.807) is 123 Å². The number of aliphatic hydroxyl groups is 1. The molecule has 0 radical (unpaired) electrons. The van der Waals surface area contributed by atoms with Crippen LogP contribution in [-0.2, 0) is 87.4 Å². The lowest BCUT2D eigenvalue weighted by atomic mass is 9.72. The molecule has 638 valence electrons. The fourth-order valence-electron chi connectivity index (χ4n) is 17.1. The van der Waals surface area contributed by atoms with E-state index in [0.717, 1.165) is 10.1 Å². The molecule has 24 atom stereocenters. The van der Waals surface area contributed by atoms with Crippen molar-refractivity contribution in [1.29, 1.82) is 0 Å². The van der Waals surface area contributed by atoms with Crippen LogP contribution < -0.4 is 0 Å². The van der Waals surface area contributed by atoms with Crippen LogP contribution in [0.15, 0.2) is 117 Å². The van der Waals surface area contributed by atoms with Gasteiger partial charge in [0.25, 0.3) is 0 Å². The van der Waals surface area contributed by atoms with Crippen LogP contribution >= 0.6 is 11.6 Å². The third kappa shape index (κ3) is 20.7. The van der Waals surface area contributed by atoms with Crippen LogP contribution in [0, 0.1) is 41.4 Å². The van der Waals surface area contributed by atoms with E-state index in [0.29, 0.717) is 48.6 Å². The topological polar surface area (TPSA) is 334 Å². The molecule has 0 saturated carbocycles. The van der Waals surface area contributed by atoms with Gasteiger partial charge in [-0.05, 0) is 176 Å². The number of aromatic nitrogens is 5. The molecule has 0 spiro atoms. The molecule has 4 fully saturated rings. The first-order valence-corrected chi connectivity index (χ1v) is 40.5. The number of nitrogens with zero attached hydrogens (tertiary/aromatic N) is 8. The first-order valence-electron chi connectivity index (χ1n) is 40.1. The minimum Gasteiger partial charge on any atom is -0.457 e. The van der Waals surface area contributed by atoms with Gasteiger partial charge in [0.1, 0.15) is 47.4 Å². The summed E-state index contributed by atoms with van der Waals surface area (Å²) in [7, 11) is 10.4. The average Bonchev–Trinajstić information content (AvgIpc) is 1.57. The largest absolute Gasteiger partial charge is 0.457 e. The number of hydrogen-bond acceptors (Lipinski definition) is 26. The highest BCUT2D eigenvalue weighted by molar-refractivity contribution is 6.32. The predicted octanol–water partition coefficient (Wildman–Crippen LogP) is 11.3. The third-order valence-corrected chi connectivity index (χ3v) is 24.2. The highest BCUT2D eigenvalue weighted by Gasteiger charge is 2.62. The van der Waals surface area contributed by atoms with E-state index in [4.69, 9.17) is 63.7 Å². The van der Waals surface area contributed by atoms with Crippen molar-refractivity contribution in [1.82, 2.24) is 38.8 Å². The summed E-state index contributed by atoms with van der Waals surface area (Å²) in [5.41, 5.74) is -4.09. The fraction of sp³-hybridized carbons (Fsp3) is 0.628. The molecule has 4 aromatic rings. The Bertz CT molecular complexity index is 4120. The zero-order chi connectivity index (χ0) is 85.8. The number of ketones is 4. The van der Waals surface area contributed by atoms with Gasteiger partial charge in [-0.1, -0.05) is 91.4 Å². The Labute approximate surface area is 686 Å². The van der Waals surface area contributed by atoms with Gasteiger partial charge in [-0.3, -0.25) is 33.7 Å². The third-order valence-electron chi connectivity index (χ3n) is 23.9. The summed E-state index contributed by atoms with van der Waals surface area (Å²) in [6, 6.07) is 10.7. The van der Waals surface area contributed by atoms with Gasteiger partial charge in [-0.2, -0.15) is 0 Å². The Hall–Kier alpha value is -8.23. The maximum atomic E-state index is 14.8. The number of halogens is 1. The number of methoxy groups -OCH3 is 2. The molecule has 116 heavy (non-hydrogen) atoms. The van der Waals surface area contributed by atoms with Crippen LogP contribution in [0.4, 0.5) is 9.59 Å². The zero-order valence-corrected chi connectivity index (χ0v) is 71.6. The molecule has 5 aliphatic rings. The number of allylic oxidation sites excluding steroid dienone is 1. The van der Waals surface area contributed by atoms with Crippen LogP contribution in [0.3, 0.4) is 0 Å². The quantitative estimate of drug-likeness (QED) is 0.0202. The molecule has 5 aliphatic heterocycles. The molecular weight excluding hydrogens is 1520 g/mol. The second kappa shape index (κ2) is 40.0. The van der Waals surface area contributed by atoms with Gasteiger partial charge in [-0.25, -0.2) is 33.9 Å². The van der Waals surface area contributed by atoms with Crippen LogP contribution in [0.1, 0.15) is 159 Å². The average molecular weight is 1640 g/mol. The number of cyclic esters (lactones) is 2. The first-order chi connectivity index (χ1) is 54.7. The van der Waals surface area contributed by atoms with Crippen LogP contribution in [-0.4, -0.2) is 248 Å². The van der Waals surface area contributed by atoms with Crippen molar-refractivity contribution >= 4 is 64.8 Å². The molecule has 4 saturated heterocycles. The molecule has 1 aromatic carbocycles. The van der Waals surface area contributed by atoms with Gasteiger partial charge < -0.3 is 71.6 Å². The Kier molecular flexibility index (Phi) is 32.2. The Morgan fingerprint density at radius 3 is 1.79 bits per heavy atom. The number of ether oxygens (including phenoxy) is 11. The summed E-state index contributed by atoms with van der Waals surface area (Å²) in [6.45, 7) is 32.6. The van der Waals surface area contributed by atoms with E-state index in [9.17, 15) is 48.3 Å². The Morgan fingerprint density at radius 1 is 0.690 bits per heavy atom. The Balaban J connectivity index is 0.000000291. The van der Waals surface area contributed by atoms with Crippen molar-refractivity contribution in [3.8, 4) is 11.3 Å². The second-order valence-corrected chi connectivity index (χ2v) is 33.0. The number of carbonyl (C=O) groups excluding carboxylic acids is 9. The van der Waals surface area contributed by atoms with E-state index >= 15 is 0 Å². The lowest BCUT2D eigenvalue weighted by Crippen LogP contribution is -2.60. The molecule has 0 bridgehead atoms. The first kappa shape index (κ1) is 93.3. The number of esters is 3. The molecule has 1 amide bonds. The van der Waals surface area contributed by atoms with Crippen molar-refractivity contribution in [2.45, 2.75) is 257 Å². The molecule has 8 heterocycles. The number of hydrogen-bond donors (Lipinski definition) is 1. The SMILES string of the molecule is C=C[C@]1(OC(=O)n2ccnc2)/C=C(\C)C(=O)[C@H](C)C[C@](C)(OC)[C@H](OC2O[C@H](C)C[C@H](N(C)C)[C@H]2OC(=O)c2ccccc2)[C@@H](C)C(=O)[C@@H](C)C(=O)O[C@@H]1CC.C=C[C@]12OC(=O)N(CCCCn3cnc(-c4cccnc4Cl)c3)[C@@H]1[C@@H](C)C(=O)[C@H](C)C[C@](C)(OC)[C@H](OC1O[C@H](C)C[C@H](N(C)C)[C@H]1O)[C@@H](C)C(=O)[C@@H](C)C(=O)O[C@@H]2CC. The van der Waals surface area contributed by atoms with Gasteiger partial charge in [0.15, 0.2) is 47.2 Å². The highest BCUT2D eigenvalue weighted by atomic mass is 35.5. The van der Waals surface area contributed by atoms with Gasteiger partial charge in [0.2, 0.25) is 0 Å². The molecule has 29 nitrogen and oxygen atoms in total. The van der Waals surface area contributed by atoms with Crippen LogP contribution in [0.5, 0.6) is 0 Å². The summed E-state index contributed by atoms with van der Waals surface area (Å²) in [5.74, 6) is -10.7. The van der Waals surface area contributed by atoms with Crippen molar-refractivity contribution in [3.63, 3.8) is 0 Å². The standard InChI is InChI=1S/C44H64ClN5O10.C42H57N3O11/c1-12-33-44(13-2)37(50(42(55)60-44)20-15-14-19-49-23-31(47-24-49)30-17-16-18-46-39(30)45)27(5)34(51)25(3)22-43(8,56-11)38(28(6)35(52)29(7)40(54)58-33)59-41-36(53)32(48(9)10)21-26(4)57-41;1-12-32-42(13-2,56-40(50)45-20-19-43-24-45)23-26(4)33(46)25(3)22-41(8,51-11)36(28(6)34(47)29(7)37(48)53-32)55-39-35(31(44(9)10)21-27(5)52-39)54-38(49)30-17-15-14-16-18-30/h13,16-18,23-29,32-33,36-38,41,53H,2,12,14-15,19-22H2,1,3-11H3;13-20,23-25,27-29,31-32,35-36,39H,2,12,21-22H2,1,3-11H3/b;26-23+/t25-,26-,27+,28+,29-,32+,33-,36-,37-,38-,41?,43+,44-;25-,27-,28+,29-,31+,32-,35-,36-,39?,41+,42+/m11/s1. The maximum Gasteiger partial charge on any atom is 0.420 e. The lowest BCUT2D eigenvalue weighted by molar-refractivity contribution is -0.295. The number of unbranched alkanes of at least 4 members (excludes halogenated alkanes) is 1. The molecule has 0 aliphatic carbocycles. The number of aliphatic hydroxyl groups excluding tert-OH is 1. The number of aryl methyl sites for hydroxylation is 1. The van der Waals surface area contributed by atoms with Crippen molar-refractivity contribution in [2.24, 2.45) is 41.4 Å². The summed E-state index contributed by atoms with van der Waals surface area (Å²) in [6.07, 6.45) is 5.30. The maximum absolute atomic E-state index is 14.8. The van der Waals surface area contributed by atoms with Gasteiger partial charge in [0.05, 0.1) is 65.3 Å². The van der Waals surface area contributed by atoms with Gasteiger partial charge in [0, 0.05) is 93.3 Å². The van der Waals surface area contributed by atoms with E-state index in [1.807, 2.05) is 68.7 Å². The minimum absolute atomic E-state index is 0.0512. The zero-order valence-electron chi connectivity index (χ0n) is 70.8. The smallest absolute Gasteiger partial charge is 0.420 e. The number of amides is 1. The number of Topliss-reactive ketones (excluding diaryl/α,β-unsaturated/α-hetero) is 4. The number of imidazole rings is 2. The van der Waals surface area contributed by atoms with E-state index < -0.39 is 161 Å². The molecule has 3 aromatic heterocycles. The number of fused-ring (bicyclic) bond motifs is 1. The number of likely N-dealkylation sites (N-methyl/N-ethyl adjacent to an activating group) is 2. The minimum atomic E-state index is -1.80. The van der Waals surface area contributed by atoms with Crippen molar-refractivity contribution < 1.29 is 100 Å². The molecule has 9 rings (SSSR count). The monoisotopic (exact) mass is 1640 g/mol. The van der Waals surface area contributed by atoms with Crippen LogP contribution in [0.2, 0.25) is 5.15 Å². The fourth-order valence-corrected chi connectivity index (χ4v) is 17.3. The molecule has 2 unspecified atom stereocenters. The number of carbonyl (C=O) groups is 9. The molecule has 1 N–H and O–H groups in total. The summed E-state index contributed by atoms with van der Waals surface area (Å²) in [4.78, 5) is 145. The number of benzene rings is 1. The molecule has 30 heteroatoms. The number of pyridine rings is 1. The van der Waals surface area contributed by atoms with Crippen molar-refractivity contribution in [2.75, 3.05) is 49.0 Å². The molecular formula is C86H121ClN8O21. The summed E-state index contributed by atoms with van der Waals surface area (Å²) in [5, 5.41) is 11.8. The van der Waals surface area contributed by atoms with Crippen molar-refractivity contribution in [3.05, 3.63) is 128 Å². The van der Waals surface area contributed by atoms with E-state index in [-0.39, 0.29) is 73.7 Å². The summed E-state index contributed by atoms with van der Waals surface area (Å²) < 4.78 is 71.8. The van der Waals surface area contributed by atoms with Gasteiger partial charge >= 0.3 is 30.1 Å². The van der Waals surface area contributed by atoms with Crippen LogP contribution in [0.25, 0.3) is 11.3 Å². The second-order valence-electron chi connectivity index (χ2n) is 32.6.